The summed E-state index contributed by atoms with van der Waals surface area (Å²) in [5.74, 6) is 0.0488. The first kappa shape index (κ1) is 7.85. The van der Waals surface area contributed by atoms with Crippen LogP contribution in [-0.4, -0.2) is 5.11 Å². The van der Waals surface area contributed by atoms with Crippen LogP contribution in [0.15, 0.2) is 21.7 Å². The van der Waals surface area contributed by atoms with Gasteiger partial charge in [-0.25, -0.2) is 0 Å². The van der Waals surface area contributed by atoms with Crippen molar-refractivity contribution in [2.45, 2.75) is 19.8 Å². The quantitative estimate of drug-likeness (QED) is 0.572. The minimum atomic E-state index is -0.230. The molecule has 1 rings (SSSR count). The lowest BCUT2D eigenvalue weighted by Gasteiger charge is -1.99. The smallest absolute Gasteiger partial charge is 0.338 e. The Morgan fingerprint density at radius 3 is 2.55 bits per heavy atom. The van der Waals surface area contributed by atoms with E-state index in [1.807, 2.05) is 13.8 Å². The van der Waals surface area contributed by atoms with Crippen LogP contribution in [-0.2, 0) is 0 Å². The average Bonchev–Trinajstić information content (AvgIpc) is 1.94. The van der Waals surface area contributed by atoms with Gasteiger partial charge < -0.3 is 9.52 Å². The Labute approximate surface area is 64.3 Å². The van der Waals surface area contributed by atoms with Gasteiger partial charge in [-0.1, -0.05) is 13.8 Å². The summed E-state index contributed by atoms with van der Waals surface area (Å²) in [6.07, 6.45) is 2.55. The van der Waals surface area contributed by atoms with Gasteiger partial charge in [-0.15, -0.1) is 0 Å². The van der Waals surface area contributed by atoms with Crippen LogP contribution in [0.1, 0.15) is 25.3 Å². The highest BCUT2D eigenvalue weighted by Gasteiger charge is 2.11. The van der Waals surface area contributed by atoms with Gasteiger partial charge in [-0.05, 0) is 5.92 Å². The zero-order valence-electron chi connectivity index (χ0n) is 6.55. The monoisotopic (exact) mass is 155 g/mol. The maximum Gasteiger partial charge on any atom is 0.338 e. The molecule has 0 aromatic carbocycles. The van der Waals surface area contributed by atoms with Crippen molar-refractivity contribution in [3.63, 3.8) is 0 Å². The number of hydrogen-bond acceptors (Lipinski definition) is 2. The van der Waals surface area contributed by atoms with Crippen molar-refractivity contribution >= 4 is 0 Å². The van der Waals surface area contributed by atoms with E-state index in [4.69, 9.17) is 9.52 Å². The Morgan fingerprint density at radius 2 is 2.09 bits per heavy atom. The van der Waals surface area contributed by atoms with Crippen molar-refractivity contribution in [2.75, 3.05) is 0 Å². The molecule has 1 heterocycles. The lowest BCUT2D eigenvalue weighted by Crippen LogP contribution is -2.08. The fourth-order valence-electron chi connectivity index (χ4n) is 0.836. The second-order valence-electron chi connectivity index (χ2n) is 2.72. The molecule has 0 spiro atoms. The highest BCUT2D eigenvalue weighted by molar-refractivity contribution is 5.22. The van der Waals surface area contributed by atoms with Crippen LogP contribution in [0, 0.1) is 0 Å². The molecular weight excluding hydrogens is 144 g/mol. The third-order valence-electron chi connectivity index (χ3n) is 1.51. The van der Waals surface area contributed by atoms with Gasteiger partial charge in [-0.2, -0.15) is 0 Å². The van der Waals surface area contributed by atoms with Gasteiger partial charge in [0.1, 0.15) is 0 Å². The van der Waals surface area contributed by atoms with E-state index >= 15 is 0 Å². The second-order valence-corrected chi connectivity index (χ2v) is 2.72. The molecule has 0 saturated heterocycles. The maximum absolute atomic E-state index is 11.2. The first-order valence-electron chi connectivity index (χ1n) is 3.45. The number of rotatable bonds is 1. The Morgan fingerprint density at radius 1 is 1.45 bits per heavy atom. The molecule has 3 heteroatoms. The van der Waals surface area contributed by atoms with E-state index in [1.165, 1.54) is 6.26 Å². The van der Waals surface area contributed by atoms with E-state index in [2.05, 4.69) is 0 Å². The zero-order valence-corrected chi connectivity index (χ0v) is 6.55. The predicted molar refractivity (Wildman–Crippen MR) is 42.1 cm³/mol. The molecule has 0 radical (unpaired) electrons. The molecule has 0 atom stereocenters. The van der Waals surface area contributed by atoms with E-state index in [1.54, 1.807) is 0 Å². The third-order valence-corrected chi connectivity index (χ3v) is 1.51. The topological polar surface area (TPSA) is 53.1 Å². The molecular formula is C8H11O3+. The van der Waals surface area contributed by atoms with Crippen LogP contribution in [0.5, 0.6) is 5.75 Å². The van der Waals surface area contributed by atoms with Crippen LogP contribution < -0.4 is 5.43 Å². The predicted octanol–water partition coefficient (Wildman–Crippen LogP) is 1.20. The highest BCUT2D eigenvalue weighted by Crippen LogP contribution is 2.11. The molecule has 11 heavy (non-hydrogen) atoms. The Hall–Kier alpha value is -1.25. The third kappa shape index (κ3) is 1.42. The Balaban J connectivity index is 3.28. The summed E-state index contributed by atoms with van der Waals surface area (Å²) < 4.78 is 4.79. The Kier molecular flexibility index (Phi) is 1.98. The molecule has 1 aromatic rings. The largest absolute Gasteiger partial charge is 0.588 e. The van der Waals surface area contributed by atoms with Gasteiger partial charge in [-0.3, -0.25) is 4.79 Å². The SMILES string of the molecule is CC(C)c1cocc([OH2+])c1=O. The molecule has 0 aliphatic heterocycles. The highest BCUT2D eigenvalue weighted by atomic mass is 16.3. The Bertz CT molecular complexity index is 298. The summed E-state index contributed by atoms with van der Waals surface area (Å²) in [6, 6.07) is 0. The second kappa shape index (κ2) is 2.78. The van der Waals surface area contributed by atoms with Gasteiger partial charge >= 0.3 is 5.75 Å². The molecule has 0 aliphatic carbocycles. The van der Waals surface area contributed by atoms with Crippen LogP contribution in [0.3, 0.4) is 0 Å². The van der Waals surface area contributed by atoms with E-state index in [0.29, 0.717) is 5.56 Å². The molecule has 60 valence electrons. The van der Waals surface area contributed by atoms with Crippen molar-refractivity contribution in [1.29, 1.82) is 0 Å². The standard InChI is InChI=1S/C8H10O3/c1-5(2)6-3-11-4-7(9)8(6)10/h3-5,9H,1-2H3/p+1. The van der Waals surface area contributed by atoms with Gasteiger partial charge in [0.2, 0.25) is 0 Å². The molecule has 2 N–H and O–H groups in total. The molecule has 0 bridgehead atoms. The summed E-state index contributed by atoms with van der Waals surface area (Å²) in [5.41, 5.74) is 0.337. The minimum absolute atomic E-state index is 0.0730. The first-order valence-corrected chi connectivity index (χ1v) is 3.45. The van der Waals surface area contributed by atoms with Crippen LogP contribution in [0.2, 0.25) is 0 Å². The van der Waals surface area contributed by atoms with E-state index < -0.39 is 0 Å². The maximum atomic E-state index is 11.2. The van der Waals surface area contributed by atoms with Crippen molar-refractivity contribution in [3.05, 3.63) is 28.3 Å². The van der Waals surface area contributed by atoms with Crippen molar-refractivity contribution in [1.82, 2.24) is 0 Å². The molecule has 0 unspecified atom stereocenters. The molecule has 3 nitrogen and oxygen atoms in total. The summed E-state index contributed by atoms with van der Waals surface area (Å²) >= 11 is 0. The molecule has 0 aliphatic rings. The van der Waals surface area contributed by atoms with Gasteiger partial charge in [0, 0.05) is 5.56 Å². The molecule has 0 fully saturated rings. The van der Waals surface area contributed by atoms with E-state index in [0.717, 1.165) is 6.26 Å². The van der Waals surface area contributed by atoms with Crippen LogP contribution >= 0.6 is 0 Å². The van der Waals surface area contributed by atoms with Crippen LogP contribution in [0.4, 0.5) is 0 Å². The van der Waals surface area contributed by atoms with Crippen molar-refractivity contribution in [2.24, 2.45) is 0 Å². The zero-order chi connectivity index (χ0) is 8.43. The minimum Gasteiger partial charge on any atom is -0.588 e. The number of hydrogen-bond donors (Lipinski definition) is 0. The molecule has 0 amide bonds. The summed E-state index contributed by atoms with van der Waals surface area (Å²) in [4.78, 5) is 11.2. The summed E-state index contributed by atoms with van der Waals surface area (Å²) in [5, 5.41) is 7.15. The van der Waals surface area contributed by atoms with Crippen molar-refractivity contribution < 1.29 is 9.52 Å². The summed E-state index contributed by atoms with van der Waals surface area (Å²) in [7, 11) is 0. The van der Waals surface area contributed by atoms with Gasteiger partial charge in [0.05, 0.1) is 6.26 Å². The lowest BCUT2D eigenvalue weighted by molar-refractivity contribution is 0.424. The fourth-order valence-corrected chi connectivity index (χ4v) is 0.836. The van der Waals surface area contributed by atoms with E-state index in [9.17, 15) is 4.79 Å². The van der Waals surface area contributed by atoms with Crippen LogP contribution in [0.25, 0.3) is 0 Å². The lowest BCUT2D eigenvalue weighted by atomic mass is 10.1. The normalized spacial score (nSPS) is 10.5. The summed E-state index contributed by atoms with van der Waals surface area (Å²) in [6.45, 7) is 3.79. The fraction of sp³-hybridized carbons (Fsp3) is 0.375. The van der Waals surface area contributed by atoms with Crippen molar-refractivity contribution in [3.8, 4) is 5.75 Å². The van der Waals surface area contributed by atoms with Gasteiger partial charge in [0.15, 0.2) is 6.26 Å². The molecule has 1 aromatic heterocycles. The van der Waals surface area contributed by atoms with Gasteiger partial charge in [0.25, 0.3) is 5.43 Å². The average molecular weight is 155 g/mol. The first-order chi connectivity index (χ1) is 5.13. The van der Waals surface area contributed by atoms with E-state index in [-0.39, 0.29) is 17.1 Å². The molecule has 0 saturated carbocycles.